The Morgan fingerprint density at radius 2 is 1.95 bits per heavy atom. The van der Waals surface area contributed by atoms with E-state index in [0.29, 0.717) is 32.2 Å². The van der Waals surface area contributed by atoms with Crippen LogP contribution in [0, 0.1) is 0 Å². The fraction of sp³-hybridized carbons (Fsp3) is 0.700. The average molecular weight is 541 g/mol. The van der Waals surface area contributed by atoms with E-state index in [2.05, 4.69) is 16.8 Å². The highest BCUT2D eigenvalue weighted by atomic mass is 16.6. The van der Waals surface area contributed by atoms with Gasteiger partial charge in [0.05, 0.1) is 13.2 Å². The number of methoxy groups -OCH3 is 1. The van der Waals surface area contributed by atoms with E-state index in [-0.39, 0.29) is 18.5 Å². The third kappa shape index (κ3) is 6.57. The molecule has 0 spiro atoms. The number of nitrogens with zero attached hydrogens (tertiary/aromatic N) is 4. The van der Waals surface area contributed by atoms with Gasteiger partial charge >= 0.3 is 6.09 Å². The molecule has 3 aliphatic rings. The smallest absolute Gasteiger partial charge is 0.410 e. The Morgan fingerprint density at radius 1 is 1.18 bits per heavy atom. The molecule has 2 aromatic rings. The largest absolute Gasteiger partial charge is 0.444 e. The first kappa shape index (κ1) is 27.9. The fourth-order valence-corrected chi connectivity index (χ4v) is 6.00. The van der Waals surface area contributed by atoms with Gasteiger partial charge in [0.25, 0.3) is 5.91 Å². The molecule has 2 amide bonds. The van der Waals surface area contributed by atoms with E-state index < -0.39 is 17.8 Å². The van der Waals surface area contributed by atoms with Crippen molar-refractivity contribution >= 4 is 23.0 Å². The van der Waals surface area contributed by atoms with Crippen LogP contribution in [0.5, 0.6) is 0 Å². The Balaban J connectivity index is 1.40. The molecule has 9 heteroatoms. The van der Waals surface area contributed by atoms with Crippen LogP contribution in [-0.4, -0.2) is 82.5 Å². The third-order valence-corrected chi connectivity index (χ3v) is 8.02. The molecule has 1 aliphatic heterocycles. The summed E-state index contributed by atoms with van der Waals surface area (Å²) >= 11 is 0. The second-order valence-electron chi connectivity index (χ2n) is 12.3. The van der Waals surface area contributed by atoms with E-state index >= 15 is 0 Å². The zero-order valence-electron chi connectivity index (χ0n) is 24.0. The van der Waals surface area contributed by atoms with Crippen molar-refractivity contribution in [2.45, 2.75) is 102 Å². The van der Waals surface area contributed by atoms with Gasteiger partial charge in [-0.05, 0) is 76.0 Å². The SMILES string of the molecule is COCCCn1cc(CN(C(=O)[C@H]2CN(C(=O)OC(C)(C)C)CCO2)C2CC2)c2c(C3CCCC3)ccnc21. The summed E-state index contributed by atoms with van der Waals surface area (Å²) in [7, 11) is 1.73. The van der Waals surface area contributed by atoms with E-state index in [0.717, 1.165) is 37.0 Å². The van der Waals surface area contributed by atoms with Gasteiger partial charge in [0.15, 0.2) is 6.10 Å². The molecule has 3 fully saturated rings. The first-order valence-electron chi connectivity index (χ1n) is 14.6. The zero-order chi connectivity index (χ0) is 27.6. The molecule has 2 aromatic heterocycles. The number of carbonyl (C=O) groups is 2. The van der Waals surface area contributed by atoms with Crippen molar-refractivity contribution in [3.8, 4) is 0 Å². The van der Waals surface area contributed by atoms with Crippen molar-refractivity contribution in [2.24, 2.45) is 0 Å². The van der Waals surface area contributed by atoms with Gasteiger partial charge in [-0.2, -0.15) is 0 Å². The minimum atomic E-state index is -0.686. The van der Waals surface area contributed by atoms with Crippen LogP contribution in [0.3, 0.4) is 0 Å². The van der Waals surface area contributed by atoms with Gasteiger partial charge in [0.2, 0.25) is 0 Å². The predicted octanol–water partition coefficient (Wildman–Crippen LogP) is 4.86. The molecule has 0 bridgehead atoms. The summed E-state index contributed by atoms with van der Waals surface area (Å²) in [4.78, 5) is 35.0. The lowest BCUT2D eigenvalue weighted by molar-refractivity contribution is -0.150. The number of hydrogen-bond donors (Lipinski definition) is 0. The summed E-state index contributed by atoms with van der Waals surface area (Å²) in [5, 5.41) is 1.21. The Morgan fingerprint density at radius 3 is 2.64 bits per heavy atom. The quantitative estimate of drug-likeness (QED) is 0.423. The monoisotopic (exact) mass is 540 g/mol. The number of rotatable bonds is 9. The van der Waals surface area contributed by atoms with Gasteiger partial charge in [0.1, 0.15) is 11.2 Å². The van der Waals surface area contributed by atoms with Gasteiger partial charge in [-0.1, -0.05) is 12.8 Å². The van der Waals surface area contributed by atoms with Gasteiger partial charge in [-0.25, -0.2) is 9.78 Å². The summed E-state index contributed by atoms with van der Waals surface area (Å²) in [6.45, 7) is 8.54. The van der Waals surface area contributed by atoms with E-state index in [9.17, 15) is 9.59 Å². The van der Waals surface area contributed by atoms with Crippen LogP contribution in [0.2, 0.25) is 0 Å². The lowest BCUT2D eigenvalue weighted by Crippen LogP contribution is -2.53. The standard InChI is InChI=1S/C30H44N4O5/c1-30(2,3)39-29(36)33-15-17-38-25(20-33)28(35)34(23-10-11-23)19-22-18-32(14-7-16-37-4)27-26(22)24(12-13-31-27)21-8-5-6-9-21/h12-13,18,21,23,25H,5-11,14-17,19-20H2,1-4H3/t25-/m1/s1. The van der Waals surface area contributed by atoms with Gasteiger partial charge in [-0.3, -0.25) is 4.79 Å². The topological polar surface area (TPSA) is 86.1 Å². The fourth-order valence-electron chi connectivity index (χ4n) is 6.00. The van der Waals surface area contributed by atoms with E-state index in [1.54, 1.807) is 12.0 Å². The van der Waals surface area contributed by atoms with Crippen molar-refractivity contribution in [1.82, 2.24) is 19.4 Å². The van der Waals surface area contributed by atoms with Crippen LogP contribution in [0.15, 0.2) is 18.5 Å². The number of ether oxygens (including phenoxy) is 3. The highest BCUT2D eigenvalue weighted by molar-refractivity contribution is 5.87. The number of morpholine rings is 1. The van der Waals surface area contributed by atoms with Crippen LogP contribution < -0.4 is 0 Å². The summed E-state index contributed by atoms with van der Waals surface area (Å²) in [5.41, 5.74) is 2.93. The lowest BCUT2D eigenvalue weighted by Gasteiger charge is -2.36. The van der Waals surface area contributed by atoms with Gasteiger partial charge < -0.3 is 28.6 Å². The minimum Gasteiger partial charge on any atom is -0.444 e. The molecule has 3 heterocycles. The summed E-state index contributed by atoms with van der Waals surface area (Å²) in [6.07, 6.45) is 10.9. The van der Waals surface area contributed by atoms with Crippen molar-refractivity contribution in [2.75, 3.05) is 33.4 Å². The third-order valence-electron chi connectivity index (χ3n) is 8.02. The molecule has 0 unspecified atom stereocenters. The average Bonchev–Trinajstić information content (AvgIpc) is 3.48. The summed E-state index contributed by atoms with van der Waals surface area (Å²) in [6, 6.07) is 2.39. The molecule has 1 atom stereocenters. The highest BCUT2D eigenvalue weighted by Crippen LogP contribution is 2.40. The number of hydrogen-bond acceptors (Lipinski definition) is 6. The Hall–Kier alpha value is -2.65. The second-order valence-corrected chi connectivity index (χ2v) is 12.3. The number of aryl methyl sites for hydroxylation is 1. The molecule has 2 aliphatic carbocycles. The number of aromatic nitrogens is 2. The molecule has 214 valence electrons. The Kier molecular flexibility index (Phi) is 8.47. The van der Waals surface area contributed by atoms with Crippen LogP contribution >= 0.6 is 0 Å². The normalized spacial score (nSPS) is 20.5. The molecule has 39 heavy (non-hydrogen) atoms. The van der Waals surface area contributed by atoms with E-state index in [1.807, 2.05) is 31.9 Å². The molecule has 1 saturated heterocycles. The minimum absolute atomic E-state index is 0.0441. The van der Waals surface area contributed by atoms with E-state index in [4.69, 9.17) is 19.2 Å². The zero-order valence-corrected chi connectivity index (χ0v) is 24.0. The van der Waals surface area contributed by atoms with Crippen molar-refractivity contribution in [3.05, 3.63) is 29.6 Å². The maximum atomic E-state index is 13.9. The van der Waals surface area contributed by atoms with Crippen LogP contribution in [0.4, 0.5) is 4.79 Å². The first-order chi connectivity index (χ1) is 18.7. The number of pyridine rings is 1. The van der Waals surface area contributed by atoms with Crippen LogP contribution in [0.1, 0.15) is 82.8 Å². The van der Waals surface area contributed by atoms with E-state index in [1.165, 1.54) is 36.6 Å². The molecule has 5 rings (SSSR count). The Bertz CT molecular complexity index is 1160. The van der Waals surface area contributed by atoms with Gasteiger partial charge in [-0.15, -0.1) is 0 Å². The molecular formula is C30H44N4O5. The lowest BCUT2D eigenvalue weighted by atomic mass is 9.94. The summed E-state index contributed by atoms with van der Waals surface area (Å²) in [5.74, 6) is 0.496. The second kappa shape index (κ2) is 11.8. The van der Waals surface area contributed by atoms with Crippen molar-refractivity contribution < 1.29 is 23.8 Å². The molecule has 0 N–H and O–H groups in total. The maximum absolute atomic E-state index is 13.9. The predicted molar refractivity (Wildman–Crippen MR) is 149 cm³/mol. The first-order valence-corrected chi connectivity index (χ1v) is 14.6. The van der Waals surface area contributed by atoms with Gasteiger partial charge in [0, 0.05) is 57.2 Å². The summed E-state index contributed by atoms with van der Waals surface area (Å²) < 4.78 is 19.0. The molecular weight excluding hydrogens is 496 g/mol. The molecule has 0 aromatic carbocycles. The maximum Gasteiger partial charge on any atom is 0.410 e. The number of fused-ring (bicyclic) bond motifs is 1. The van der Waals surface area contributed by atoms with Crippen molar-refractivity contribution in [1.29, 1.82) is 0 Å². The Labute approximate surface area is 231 Å². The van der Waals surface area contributed by atoms with Crippen LogP contribution in [-0.2, 0) is 32.1 Å². The van der Waals surface area contributed by atoms with Crippen LogP contribution in [0.25, 0.3) is 11.0 Å². The van der Waals surface area contributed by atoms with Crippen molar-refractivity contribution in [3.63, 3.8) is 0 Å². The molecule has 2 saturated carbocycles. The molecule has 9 nitrogen and oxygen atoms in total. The number of carbonyl (C=O) groups excluding carboxylic acids is 2. The highest BCUT2D eigenvalue weighted by Gasteiger charge is 2.40. The molecule has 0 radical (unpaired) electrons. The number of amides is 2.